The molecule has 1 fully saturated rings. The van der Waals surface area contributed by atoms with E-state index in [0.29, 0.717) is 0 Å². The third-order valence-corrected chi connectivity index (χ3v) is 5.60. The number of unbranched alkanes of at least 4 members (excludes halogenated alkanes) is 4. The van der Waals surface area contributed by atoms with E-state index in [4.69, 9.17) is 0 Å². The van der Waals surface area contributed by atoms with Crippen molar-refractivity contribution in [3.05, 3.63) is 0 Å². The Morgan fingerprint density at radius 3 is 2.00 bits per heavy atom. The fourth-order valence-corrected chi connectivity index (χ4v) is 3.41. The van der Waals surface area contributed by atoms with E-state index in [1.54, 1.807) is 6.42 Å². The van der Waals surface area contributed by atoms with Crippen molar-refractivity contribution in [2.24, 2.45) is 23.7 Å². The van der Waals surface area contributed by atoms with Gasteiger partial charge in [-0.25, -0.2) is 0 Å². The average molecular weight is 267 g/mol. The lowest BCUT2D eigenvalue weighted by Gasteiger charge is -2.17. The number of hydrogen-bond acceptors (Lipinski definition) is 0. The molecular weight excluding hydrogens is 228 g/mol. The minimum absolute atomic E-state index is 0.923. The second kappa shape index (κ2) is 9.83. The van der Waals surface area contributed by atoms with Gasteiger partial charge in [-0.2, -0.15) is 0 Å². The molecule has 0 saturated heterocycles. The van der Waals surface area contributed by atoms with Gasteiger partial charge in [0.1, 0.15) is 0 Å². The smallest absolute Gasteiger partial charge is 0.0383 e. The third kappa shape index (κ3) is 7.37. The maximum absolute atomic E-state index is 2.44. The minimum Gasteiger partial charge on any atom is -0.0654 e. The van der Waals surface area contributed by atoms with E-state index in [1.165, 1.54) is 64.2 Å². The fourth-order valence-electron chi connectivity index (χ4n) is 3.41. The molecule has 0 aliphatic heterocycles. The number of hydrogen-bond donors (Lipinski definition) is 0. The molecule has 0 bridgehead atoms. The maximum atomic E-state index is 2.44. The zero-order valence-corrected chi connectivity index (χ0v) is 14.1. The molecule has 114 valence electrons. The van der Waals surface area contributed by atoms with Crippen LogP contribution < -0.4 is 0 Å². The summed E-state index contributed by atoms with van der Waals surface area (Å²) < 4.78 is 0. The van der Waals surface area contributed by atoms with Gasteiger partial charge in [0, 0.05) is 0 Å². The summed E-state index contributed by atoms with van der Waals surface area (Å²) >= 11 is 0. The van der Waals surface area contributed by atoms with Crippen LogP contribution in [0.15, 0.2) is 0 Å². The highest BCUT2D eigenvalue weighted by Gasteiger charge is 2.34. The Hall–Kier alpha value is 0. The molecule has 1 rings (SSSR count). The first kappa shape index (κ1) is 17.1. The van der Waals surface area contributed by atoms with E-state index in [9.17, 15) is 0 Å². The summed E-state index contributed by atoms with van der Waals surface area (Å²) in [4.78, 5) is 0. The van der Waals surface area contributed by atoms with Crippen molar-refractivity contribution in [2.45, 2.75) is 98.3 Å². The molecule has 0 heterocycles. The molecule has 0 radical (unpaired) electrons. The topological polar surface area (TPSA) is 0 Å². The van der Waals surface area contributed by atoms with E-state index in [1.807, 2.05) is 0 Å². The Balaban J connectivity index is 1.87. The van der Waals surface area contributed by atoms with Crippen LogP contribution in [0.2, 0.25) is 0 Å². The second-order valence-corrected chi connectivity index (χ2v) is 7.25. The summed E-state index contributed by atoms with van der Waals surface area (Å²) in [6, 6.07) is 0. The molecule has 1 aliphatic rings. The van der Waals surface area contributed by atoms with Gasteiger partial charge in [0.2, 0.25) is 0 Å². The highest BCUT2D eigenvalue weighted by atomic mass is 14.4. The van der Waals surface area contributed by atoms with Crippen LogP contribution in [0, 0.1) is 23.7 Å². The van der Waals surface area contributed by atoms with Crippen molar-refractivity contribution in [2.75, 3.05) is 0 Å². The molecule has 4 atom stereocenters. The van der Waals surface area contributed by atoms with Gasteiger partial charge in [-0.1, -0.05) is 91.9 Å². The van der Waals surface area contributed by atoms with E-state index in [2.05, 4.69) is 27.7 Å². The van der Waals surface area contributed by atoms with Crippen LogP contribution in [0.4, 0.5) is 0 Å². The fraction of sp³-hybridized carbons (Fsp3) is 1.00. The molecule has 1 saturated carbocycles. The summed E-state index contributed by atoms with van der Waals surface area (Å²) in [5, 5.41) is 0. The van der Waals surface area contributed by atoms with Crippen LogP contribution in [-0.4, -0.2) is 0 Å². The van der Waals surface area contributed by atoms with Crippen molar-refractivity contribution in [3.63, 3.8) is 0 Å². The van der Waals surface area contributed by atoms with Crippen molar-refractivity contribution >= 4 is 0 Å². The molecule has 19 heavy (non-hydrogen) atoms. The molecule has 0 aromatic carbocycles. The standard InChI is InChI=1S/C19H38/c1-5-7-9-13-18-15-19(18)14-11-8-10-12-17(4)16(3)6-2/h16-19H,5-15H2,1-4H3. The third-order valence-electron chi connectivity index (χ3n) is 5.60. The number of rotatable bonds is 12. The molecular formula is C19H38. The molecule has 0 N–H and O–H groups in total. The summed E-state index contributed by atoms with van der Waals surface area (Å²) in [5.41, 5.74) is 0. The molecule has 0 heteroatoms. The van der Waals surface area contributed by atoms with Crippen molar-refractivity contribution < 1.29 is 0 Å². The molecule has 4 unspecified atom stereocenters. The van der Waals surface area contributed by atoms with Crippen LogP contribution in [0.1, 0.15) is 98.3 Å². The minimum atomic E-state index is 0.923. The SMILES string of the molecule is CCCCCC1CC1CCCCCC(C)C(C)CC. The van der Waals surface area contributed by atoms with Gasteiger partial charge >= 0.3 is 0 Å². The highest BCUT2D eigenvalue weighted by Crippen LogP contribution is 2.45. The lowest BCUT2D eigenvalue weighted by molar-refractivity contribution is 0.341. The largest absolute Gasteiger partial charge is 0.0654 e. The Bertz CT molecular complexity index is 208. The Kier molecular flexibility index (Phi) is 8.83. The summed E-state index contributed by atoms with van der Waals surface area (Å²) in [6.07, 6.45) is 16.2. The lowest BCUT2D eigenvalue weighted by Crippen LogP contribution is -2.06. The van der Waals surface area contributed by atoms with E-state index in [0.717, 1.165) is 23.7 Å². The van der Waals surface area contributed by atoms with Crippen LogP contribution in [-0.2, 0) is 0 Å². The predicted octanol–water partition coefficient (Wildman–Crippen LogP) is 6.84. The Labute approximate surface area is 122 Å². The monoisotopic (exact) mass is 266 g/mol. The van der Waals surface area contributed by atoms with Gasteiger partial charge in [0.25, 0.3) is 0 Å². The Morgan fingerprint density at radius 2 is 1.42 bits per heavy atom. The van der Waals surface area contributed by atoms with Gasteiger partial charge < -0.3 is 0 Å². The van der Waals surface area contributed by atoms with Crippen molar-refractivity contribution in [1.29, 1.82) is 0 Å². The van der Waals surface area contributed by atoms with E-state index in [-0.39, 0.29) is 0 Å². The molecule has 0 aromatic heterocycles. The van der Waals surface area contributed by atoms with Crippen molar-refractivity contribution in [3.8, 4) is 0 Å². The first-order valence-electron chi connectivity index (χ1n) is 9.19. The van der Waals surface area contributed by atoms with Gasteiger partial charge in [0.15, 0.2) is 0 Å². The van der Waals surface area contributed by atoms with Crippen LogP contribution in [0.3, 0.4) is 0 Å². The van der Waals surface area contributed by atoms with Crippen LogP contribution in [0.5, 0.6) is 0 Å². The molecule has 0 amide bonds. The molecule has 1 aliphatic carbocycles. The van der Waals surface area contributed by atoms with Gasteiger partial charge in [0.05, 0.1) is 0 Å². The highest BCUT2D eigenvalue weighted by molar-refractivity contribution is 4.85. The predicted molar refractivity (Wildman–Crippen MR) is 87.4 cm³/mol. The van der Waals surface area contributed by atoms with Crippen LogP contribution in [0.25, 0.3) is 0 Å². The zero-order chi connectivity index (χ0) is 14.1. The molecule has 0 nitrogen and oxygen atoms in total. The first-order valence-corrected chi connectivity index (χ1v) is 9.19. The van der Waals surface area contributed by atoms with Crippen LogP contribution >= 0.6 is 0 Å². The van der Waals surface area contributed by atoms with E-state index < -0.39 is 0 Å². The van der Waals surface area contributed by atoms with Gasteiger partial charge in [-0.05, 0) is 30.1 Å². The van der Waals surface area contributed by atoms with Gasteiger partial charge in [-0.15, -0.1) is 0 Å². The molecule has 0 aromatic rings. The first-order chi connectivity index (χ1) is 9.19. The average Bonchev–Trinajstić information content (AvgIpc) is 3.16. The second-order valence-electron chi connectivity index (χ2n) is 7.25. The van der Waals surface area contributed by atoms with Gasteiger partial charge in [-0.3, -0.25) is 0 Å². The lowest BCUT2D eigenvalue weighted by atomic mass is 9.89. The maximum Gasteiger partial charge on any atom is -0.0383 e. The summed E-state index contributed by atoms with van der Waals surface area (Å²) in [5.74, 6) is 4.12. The Morgan fingerprint density at radius 1 is 0.789 bits per heavy atom. The quantitative estimate of drug-likeness (QED) is 0.339. The molecule has 0 spiro atoms. The summed E-state index contributed by atoms with van der Waals surface area (Å²) in [6.45, 7) is 9.49. The van der Waals surface area contributed by atoms with Crippen molar-refractivity contribution in [1.82, 2.24) is 0 Å². The zero-order valence-electron chi connectivity index (χ0n) is 14.1. The van der Waals surface area contributed by atoms with E-state index >= 15 is 0 Å². The normalized spacial score (nSPS) is 25.3. The summed E-state index contributed by atoms with van der Waals surface area (Å²) in [7, 11) is 0.